The fourth-order valence-electron chi connectivity index (χ4n) is 3.64. The minimum atomic E-state index is -0.529. The smallest absolute Gasteiger partial charge is 0.252 e. The van der Waals surface area contributed by atoms with Crippen molar-refractivity contribution in [2.75, 3.05) is 5.32 Å². The summed E-state index contributed by atoms with van der Waals surface area (Å²) in [6.45, 7) is 8.45. The van der Waals surface area contributed by atoms with Gasteiger partial charge in [-0.1, -0.05) is 75.4 Å². The van der Waals surface area contributed by atoms with E-state index in [4.69, 9.17) is 5.73 Å². The molecular formula is C26H30N2O2S. The van der Waals surface area contributed by atoms with Gasteiger partial charge in [-0.2, -0.15) is 0 Å². The number of hydrogen-bond acceptors (Lipinski definition) is 3. The van der Waals surface area contributed by atoms with E-state index in [-0.39, 0.29) is 11.3 Å². The molecule has 5 heteroatoms. The molecule has 162 valence electrons. The van der Waals surface area contributed by atoms with Crippen LogP contribution in [0, 0.1) is 6.92 Å². The maximum atomic E-state index is 12.5. The lowest BCUT2D eigenvalue weighted by Gasteiger charge is -2.19. The van der Waals surface area contributed by atoms with E-state index < -0.39 is 5.91 Å². The zero-order valence-corrected chi connectivity index (χ0v) is 19.4. The van der Waals surface area contributed by atoms with Crippen LogP contribution in [0.2, 0.25) is 0 Å². The lowest BCUT2D eigenvalue weighted by molar-refractivity contribution is -0.116. The van der Waals surface area contributed by atoms with Crippen LogP contribution in [-0.2, 0) is 16.6 Å². The van der Waals surface area contributed by atoms with Gasteiger partial charge in [0.2, 0.25) is 5.91 Å². The first-order valence-corrected chi connectivity index (χ1v) is 11.4. The topological polar surface area (TPSA) is 72.2 Å². The van der Waals surface area contributed by atoms with Crippen LogP contribution in [0.5, 0.6) is 0 Å². The second-order valence-electron chi connectivity index (χ2n) is 8.82. The van der Waals surface area contributed by atoms with E-state index in [9.17, 15) is 9.59 Å². The Morgan fingerprint density at radius 2 is 1.65 bits per heavy atom. The van der Waals surface area contributed by atoms with Gasteiger partial charge in [0, 0.05) is 16.9 Å². The summed E-state index contributed by atoms with van der Waals surface area (Å²) in [6.07, 6.45) is 1.97. The molecule has 0 unspecified atom stereocenters. The fourth-order valence-corrected chi connectivity index (χ4v) is 4.74. The first-order chi connectivity index (χ1) is 14.7. The van der Waals surface area contributed by atoms with Gasteiger partial charge in [-0.25, -0.2) is 0 Å². The molecule has 2 aromatic carbocycles. The summed E-state index contributed by atoms with van der Waals surface area (Å²) in [6, 6.07) is 18.3. The van der Waals surface area contributed by atoms with Crippen molar-refractivity contribution in [1.82, 2.24) is 0 Å². The molecule has 0 saturated carbocycles. The minimum absolute atomic E-state index is 0.0492. The van der Waals surface area contributed by atoms with Crippen LogP contribution in [0.4, 0.5) is 5.00 Å². The van der Waals surface area contributed by atoms with Crippen LogP contribution in [0.15, 0.2) is 54.6 Å². The van der Waals surface area contributed by atoms with E-state index in [1.165, 1.54) is 22.5 Å². The average molecular weight is 435 g/mol. The second kappa shape index (κ2) is 9.48. The molecule has 0 radical (unpaired) electrons. The number of thiophene rings is 1. The van der Waals surface area contributed by atoms with Crippen molar-refractivity contribution in [1.29, 1.82) is 0 Å². The van der Waals surface area contributed by atoms with E-state index >= 15 is 0 Å². The summed E-state index contributed by atoms with van der Waals surface area (Å²) >= 11 is 1.40. The Hall–Kier alpha value is -2.92. The standard InChI is InChI=1S/C26H30N2O2S/c1-17-22(19-13-15-20(16-14-19)26(2,3)4)23(24(27)30)25(31-17)28-21(29)12-8-11-18-9-6-5-7-10-18/h5-7,9-10,13-16H,8,11-12H2,1-4H3,(H2,27,30)(H,28,29). The normalized spacial score (nSPS) is 11.4. The third-order valence-electron chi connectivity index (χ3n) is 5.34. The molecule has 0 aliphatic carbocycles. The van der Waals surface area contributed by atoms with E-state index in [0.717, 1.165) is 28.8 Å². The molecule has 0 atom stereocenters. The summed E-state index contributed by atoms with van der Waals surface area (Å²) in [5, 5.41) is 3.46. The highest BCUT2D eigenvalue weighted by molar-refractivity contribution is 7.17. The highest BCUT2D eigenvalue weighted by atomic mass is 32.1. The molecule has 0 aliphatic rings. The predicted molar refractivity (Wildman–Crippen MR) is 130 cm³/mol. The number of benzene rings is 2. The number of hydrogen-bond donors (Lipinski definition) is 2. The van der Waals surface area contributed by atoms with Crippen molar-refractivity contribution in [3.05, 3.63) is 76.2 Å². The summed E-state index contributed by atoms with van der Waals surface area (Å²) in [5.74, 6) is -0.631. The first kappa shape index (κ1) is 22.8. The van der Waals surface area contributed by atoms with Gasteiger partial charge in [-0.15, -0.1) is 11.3 Å². The monoisotopic (exact) mass is 434 g/mol. The molecule has 0 bridgehead atoms. The van der Waals surface area contributed by atoms with Gasteiger partial charge in [0.15, 0.2) is 0 Å². The maximum Gasteiger partial charge on any atom is 0.252 e. The van der Waals surface area contributed by atoms with E-state index in [1.54, 1.807) is 0 Å². The largest absolute Gasteiger partial charge is 0.365 e. The van der Waals surface area contributed by atoms with Crippen LogP contribution in [0.3, 0.4) is 0 Å². The molecule has 3 aromatic rings. The van der Waals surface area contributed by atoms with Crippen LogP contribution < -0.4 is 11.1 Å². The molecule has 0 aliphatic heterocycles. The molecule has 3 rings (SSSR count). The van der Waals surface area contributed by atoms with E-state index in [0.29, 0.717) is 17.0 Å². The molecule has 0 fully saturated rings. The highest BCUT2D eigenvalue weighted by Gasteiger charge is 2.23. The minimum Gasteiger partial charge on any atom is -0.365 e. The van der Waals surface area contributed by atoms with E-state index in [1.807, 2.05) is 37.3 Å². The Morgan fingerprint density at radius 1 is 1.00 bits per heavy atom. The Bertz CT molecular complexity index is 1060. The first-order valence-electron chi connectivity index (χ1n) is 10.5. The summed E-state index contributed by atoms with van der Waals surface area (Å²) in [5.41, 5.74) is 10.3. The molecule has 2 amide bonds. The maximum absolute atomic E-state index is 12.5. The van der Waals surface area contributed by atoms with Gasteiger partial charge in [0.05, 0.1) is 5.56 Å². The number of rotatable bonds is 7. The van der Waals surface area contributed by atoms with Gasteiger partial charge in [0.1, 0.15) is 5.00 Å². The zero-order chi connectivity index (χ0) is 22.6. The van der Waals surface area contributed by atoms with Crippen LogP contribution >= 0.6 is 11.3 Å². The van der Waals surface area contributed by atoms with Crippen molar-refractivity contribution < 1.29 is 9.59 Å². The zero-order valence-electron chi connectivity index (χ0n) is 18.6. The number of aryl methyl sites for hydroxylation is 2. The lowest BCUT2D eigenvalue weighted by atomic mass is 9.86. The van der Waals surface area contributed by atoms with Crippen molar-refractivity contribution >= 4 is 28.2 Å². The molecule has 1 aromatic heterocycles. The Kier molecular flexibility index (Phi) is 6.96. The number of anilines is 1. The molecule has 3 N–H and O–H groups in total. The number of carbonyl (C=O) groups excluding carboxylic acids is 2. The van der Waals surface area contributed by atoms with Gasteiger partial charge < -0.3 is 11.1 Å². The number of primary amides is 1. The van der Waals surface area contributed by atoms with Gasteiger partial charge >= 0.3 is 0 Å². The average Bonchev–Trinajstić information content (AvgIpc) is 3.04. The van der Waals surface area contributed by atoms with Crippen LogP contribution in [0.25, 0.3) is 11.1 Å². The predicted octanol–water partition coefficient (Wildman–Crippen LogP) is 6.08. The Morgan fingerprint density at radius 3 is 2.23 bits per heavy atom. The molecule has 1 heterocycles. The molecule has 31 heavy (non-hydrogen) atoms. The van der Waals surface area contributed by atoms with Crippen molar-refractivity contribution in [3.63, 3.8) is 0 Å². The van der Waals surface area contributed by atoms with Crippen molar-refractivity contribution in [2.45, 2.75) is 52.4 Å². The lowest BCUT2D eigenvalue weighted by Crippen LogP contribution is -2.17. The molecule has 0 saturated heterocycles. The summed E-state index contributed by atoms with van der Waals surface area (Å²) in [7, 11) is 0. The number of nitrogens with two attached hydrogens (primary N) is 1. The molecule has 0 spiro atoms. The number of amides is 2. The fraction of sp³-hybridized carbons (Fsp3) is 0.308. The van der Waals surface area contributed by atoms with Gasteiger partial charge in [0.25, 0.3) is 5.91 Å². The number of carbonyl (C=O) groups is 2. The van der Waals surface area contributed by atoms with E-state index in [2.05, 4.69) is 50.4 Å². The SMILES string of the molecule is Cc1sc(NC(=O)CCCc2ccccc2)c(C(N)=O)c1-c1ccc(C(C)(C)C)cc1. The van der Waals surface area contributed by atoms with Gasteiger partial charge in [-0.3, -0.25) is 9.59 Å². The second-order valence-corrected chi connectivity index (χ2v) is 10.0. The van der Waals surface area contributed by atoms with Crippen LogP contribution in [-0.4, -0.2) is 11.8 Å². The van der Waals surface area contributed by atoms with Gasteiger partial charge in [-0.05, 0) is 41.9 Å². The molecular weight excluding hydrogens is 404 g/mol. The Labute approximate surface area is 188 Å². The summed E-state index contributed by atoms with van der Waals surface area (Å²) in [4.78, 5) is 25.8. The number of nitrogens with one attached hydrogen (secondary N) is 1. The third-order valence-corrected chi connectivity index (χ3v) is 6.36. The van der Waals surface area contributed by atoms with Crippen molar-refractivity contribution in [3.8, 4) is 11.1 Å². The Balaban J connectivity index is 1.77. The highest BCUT2D eigenvalue weighted by Crippen LogP contribution is 2.40. The molecule has 4 nitrogen and oxygen atoms in total. The van der Waals surface area contributed by atoms with Crippen molar-refractivity contribution in [2.24, 2.45) is 5.73 Å². The third kappa shape index (κ3) is 5.61. The summed E-state index contributed by atoms with van der Waals surface area (Å²) < 4.78 is 0. The van der Waals surface area contributed by atoms with Crippen LogP contribution in [0.1, 0.15) is 60.0 Å². The quantitative estimate of drug-likeness (QED) is 0.473.